The summed E-state index contributed by atoms with van der Waals surface area (Å²) in [5.41, 5.74) is 1.11. The van der Waals surface area contributed by atoms with Gasteiger partial charge in [0, 0.05) is 0 Å². The summed E-state index contributed by atoms with van der Waals surface area (Å²) in [6.45, 7) is 7.44. The van der Waals surface area contributed by atoms with E-state index in [2.05, 4.69) is 31.0 Å². The Morgan fingerprint density at radius 1 is 1.53 bits per heavy atom. The molecule has 0 atom stereocenters. The summed E-state index contributed by atoms with van der Waals surface area (Å²) in [6.07, 6.45) is 4.42. The molecule has 0 unspecified atom stereocenters. The van der Waals surface area contributed by atoms with E-state index in [1.165, 1.54) is 12.8 Å². The molecule has 0 amide bonds. The highest BCUT2D eigenvalue weighted by Crippen LogP contribution is 2.34. The summed E-state index contributed by atoms with van der Waals surface area (Å²) in [5, 5.41) is 7.03. The van der Waals surface area contributed by atoms with E-state index in [0.29, 0.717) is 5.92 Å². The van der Waals surface area contributed by atoms with Crippen molar-refractivity contribution in [2.24, 2.45) is 11.8 Å². The zero-order valence-corrected chi connectivity index (χ0v) is 9.79. The van der Waals surface area contributed by atoms with Crippen LogP contribution < -0.4 is 4.74 Å². The summed E-state index contributed by atoms with van der Waals surface area (Å²) >= 11 is 0. The average Bonchev–Trinajstić information content (AvgIpc) is 2.58. The lowest BCUT2D eigenvalue weighted by atomic mass is 9.77. The van der Waals surface area contributed by atoms with Gasteiger partial charge in [0.25, 0.3) is 0 Å². The van der Waals surface area contributed by atoms with Gasteiger partial charge in [-0.25, -0.2) is 0 Å². The molecule has 0 bridgehead atoms. The number of aromatic amines is 1. The molecule has 3 nitrogen and oxygen atoms in total. The first kappa shape index (κ1) is 10.5. The smallest absolute Gasteiger partial charge is 0.160 e. The molecule has 0 aromatic carbocycles. The Kier molecular flexibility index (Phi) is 2.98. The van der Waals surface area contributed by atoms with Gasteiger partial charge in [0.15, 0.2) is 5.75 Å². The average molecular weight is 208 g/mol. The molecule has 2 rings (SSSR count). The highest BCUT2D eigenvalue weighted by molar-refractivity contribution is 5.26. The van der Waals surface area contributed by atoms with Crippen LogP contribution in [0.25, 0.3) is 0 Å². The Balaban J connectivity index is 1.85. The topological polar surface area (TPSA) is 37.9 Å². The van der Waals surface area contributed by atoms with E-state index in [1.807, 2.05) is 0 Å². The molecule has 0 radical (unpaired) electrons. The molecule has 1 aromatic heterocycles. The number of hydrogen-bond acceptors (Lipinski definition) is 2. The molecule has 0 aliphatic heterocycles. The molecular formula is C12H20N2O. The molecule has 1 heterocycles. The Labute approximate surface area is 91.2 Å². The molecule has 1 saturated carbocycles. The summed E-state index contributed by atoms with van der Waals surface area (Å²) in [6, 6.07) is 0. The van der Waals surface area contributed by atoms with E-state index in [9.17, 15) is 0 Å². The fourth-order valence-corrected chi connectivity index (χ4v) is 2.23. The van der Waals surface area contributed by atoms with E-state index in [1.54, 1.807) is 6.20 Å². The van der Waals surface area contributed by atoms with Crippen molar-refractivity contribution in [3.05, 3.63) is 11.9 Å². The van der Waals surface area contributed by atoms with Crippen LogP contribution in [0.15, 0.2) is 6.20 Å². The predicted octanol–water partition coefficient (Wildman–Crippen LogP) is 2.96. The van der Waals surface area contributed by atoms with Crippen molar-refractivity contribution in [1.82, 2.24) is 10.2 Å². The zero-order chi connectivity index (χ0) is 10.8. The van der Waals surface area contributed by atoms with Gasteiger partial charge in [0.2, 0.25) is 0 Å². The SMILES string of the molecule is CC1CC(COc2cn[nH]c2C(C)C)C1. The second-order valence-corrected chi connectivity index (χ2v) is 5.06. The molecule has 0 saturated heterocycles. The molecular weight excluding hydrogens is 188 g/mol. The number of ether oxygens (including phenoxy) is 1. The van der Waals surface area contributed by atoms with Crippen LogP contribution in [0, 0.1) is 11.8 Å². The van der Waals surface area contributed by atoms with Crippen molar-refractivity contribution >= 4 is 0 Å². The van der Waals surface area contributed by atoms with Crippen molar-refractivity contribution < 1.29 is 4.74 Å². The lowest BCUT2D eigenvalue weighted by molar-refractivity contribution is 0.130. The van der Waals surface area contributed by atoms with Gasteiger partial charge in [-0.3, -0.25) is 5.10 Å². The van der Waals surface area contributed by atoms with E-state index >= 15 is 0 Å². The Hall–Kier alpha value is -0.990. The van der Waals surface area contributed by atoms with Crippen LogP contribution in [0.3, 0.4) is 0 Å². The summed E-state index contributed by atoms with van der Waals surface area (Å²) < 4.78 is 5.80. The Morgan fingerprint density at radius 3 is 2.87 bits per heavy atom. The minimum absolute atomic E-state index is 0.447. The summed E-state index contributed by atoms with van der Waals surface area (Å²) in [4.78, 5) is 0. The summed E-state index contributed by atoms with van der Waals surface area (Å²) in [5.74, 6) is 3.04. The Bertz CT molecular complexity index is 313. The van der Waals surface area contributed by atoms with Crippen molar-refractivity contribution in [3.63, 3.8) is 0 Å². The van der Waals surface area contributed by atoms with Gasteiger partial charge in [-0.1, -0.05) is 20.8 Å². The number of nitrogens with zero attached hydrogens (tertiary/aromatic N) is 1. The molecule has 15 heavy (non-hydrogen) atoms. The van der Waals surface area contributed by atoms with Crippen molar-refractivity contribution in [2.75, 3.05) is 6.61 Å². The number of nitrogens with one attached hydrogen (secondary N) is 1. The number of hydrogen-bond donors (Lipinski definition) is 1. The van der Waals surface area contributed by atoms with Crippen LogP contribution in [0.1, 0.15) is 45.2 Å². The van der Waals surface area contributed by atoms with E-state index in [4.69, 9.17) is 4.74 Å². The standard InChI is InChI=1S/C12H20N2O/c1-8(2)12-11(6-13-14-12)15-7-10-4-9(3)5-10/h6,8-10H,4-5,7H2,1-3H3,(H,13,14). The van der Waals surface area contributed by atoms with E-state index < -0.39 is 0 Å². The first-order valence-corrected chi connectivity index (χ1v) is 5.83. The highest BCUT2D eigenvalue weighted by atomic mass is 16.5. The van der Waals surface area contributed by atoms with E-state index in [0.717, 1.165) is 29.9 Å². The molecule has 84 valence electrons. The number of rotatable bonds is 4. The van der Waals surface area contributed by atoms with Gasteiger partial charge in [0.1, 0.15) is 0 Å². The van der Waals surface area contributed by atoms with Gasteiger partial charge in [-0.05, 0) is 30.6 Å². The van der Waals surface area contributed by atoms with Crippen molar-refractivity contribution in [3.8, 4) is 5.75 Å². The first-order chi connectivity index (χ1) is 7.16. The highest BCUT2D eigenvalue weighted by Gasteiger charge is 2.26. The molecule has 0 spiro atoms. The van der Waals surface area contributed by atoms with Gasteiger partial charge in [0.05, 0.1) is 18.5 Å². The van der Waals surface area contributed by atoms with E-state index in [-0.39, 0.29) is 0 Å². The largest absolute Gasteiger partial charge is 0.490 e. The second kappa shape index (κ2) is 4.25. The molecule has 1 aromatic rings. The zero-order valence-electron chi connectivity index (χ0n) is 9.79. The normalized spacial score (nSPS) is 25.3. The van der Waals surface area contributed by atoms with Crippen LogP contribution >= 0.6 is 0 Å². The maximum absolute atomic E-state index is 5.80. The summed E-state index contributed by atoms with van der Waals surface area (Å²) in [7, 11) is 0. The lowest BCUT2D eigenvalue weighted by Gasteiger charge is -2.32. The molecule has 1 N–H and O–H groups in total. The van der Waals surface area contributed by atoms with Gasteiger partial charge in [-0.2, -0.15) is 5.10 Å². The van der Waals surface area contributed by atoms with Crippen molar-refractivity contribution in [1.29, 1.82) is 0 Å². The lowest BCUT2D eigenvalue weighted by Crippen LogP contribution is -2.26. The first-order valence-electron chi connectivity index (χ1n) is 5.83. The second-order valence-electron chi connectivity index (χ2n) is 5.06. The maximum Gasteiger partial charge on any atom is 0.160 e. The third kappa shape index (κ3) is 2.33. The van der Waals surface area contributed by atoms with Crippen LogP contribution in [0.5, 0.6) is 5.75 Å². The fourth-order valence-electron chi connectivity index (χ4n) is 2.23. The molecule has 3 heteroatoms. The van der Waals surface area contributed by atoms with Crippen LogP contribution in [0.4, 0.5) is 0 Å². The quantitative estimate of drug-likeness (QED) is 0.826. The maximum atomic E-state index is 5.80. The monoisotopic (exact) mass is 208 g/mol. The third-order valence-electron chi connectivity index (χ3n) is 3.16. The Morgan fingerprint density at radius 2 is 2.27 bits per heavy atom. The minimum atomic E-state index is 0.447. The minimum Gasteiger partial charge on any atom is -0.490 e. The fraction of sp³-hybridized carbons (Fsp3) is 0.750. The molecule has 1 aliphatic rings. The van der Waals surface area contributed by atoms with Crippen molar-refractivity contribution in [2.45, 2.75) is 39.5 Å². The third-order valence-corrected chi connectivity index (χ3v) is 3.16. The number of H-pyrrole nitrogens is 1. The molecule has 1 fully saturated rings. The predicted molar refractivity (Wildman–Crippen MR) is 60.1 cm³/mol. The van der Waals surface area contributed by atoms with Gasteiger partial charge < -0.3 is 4.74 Å². The van der Waals surface area contributed by atoms with Gasteiger partial charge >= 0.3 is 0 Å². The van der Waals surface area contributed by atoms with Crippen LogP contribution in [-0.4, -0.2) is 16.8 Å². The van der Waals surface area contributed by atoms with Crippen LogP contribution in [-0.2, 0) is 0 Å². The van der Waals surface area contributed by atoms with Gasteiger partial charge in [-0.15, -0.1) is 0 Å². The van der Waals surface area contributed by atoms with Crippen LogP contribution in [0.2, 0.25) is 0 Å². The number of aromatic nitrogens is 2. The molecule has 1 aliphatic carbocycles.